The minimum absolute atomic E-state index is 0.347. The van der Waals surface area contributed by atoms with Gasteiger partial charge in [-0.15, -0.1) is 11.1 Å². The van der Waals surface area contributed by atoms with Crippen LogP contribution in [0.1, 0.15) is 12.5 Å². The third-order valence-corrected chi connectivity index (χ3v) is 3.62. The van der Waals surface area contributed by atoms with E-state index < -0.39 is 17.4 Å². The lowest BCUT2D eigenvalue weighted by Gasteiger charge is -2.21. The van der Waals surface area contributed by atoms with E-state index in [-0.39, 0.29) is 6.04 Å². The molecule has 0 saturated heterocycles. The van der Waals surface area contributed by atoms with Crippen LogP contribution in [0, 0.1) is 19.3 Å². The van der Waals surface area contributed by atoms with Gasteiger partial charge >= 0.3 is 6.03 Å². The van der Waals surface area contributed by atoms with Crippen molar-refractivity contribution in [2.45, 2.75) is 24.8 Å². The average molecular weight is 264 g/mol. The minimum Gasteiger partial charge on any atom is -0.588 e. The Hall–Kier alpha value is -1.64. The van der Waals surface area contributed by atoms with Crippen molar-refractivity contribution in [2.75, 3.05) is 7.05 Å². The van der Waals surface area contributed by atoms with Gasteiger partial charge in [0.15, 0.2) is 4.90 Å². The van der Waals surface area contributed by atoms with Crippen molar-refractivity contribution >= 4 is 17.4 Å². The summed E-state index contributed by atoms with van der Waals surface area (Å²) in [7, 11) is 1.56. The van der Waals surface area contributed by atoms with E-state index in [9.17, 15) is 9.35 Å². The number of aryl methyl sites for hydroxylation is 1. The topological polar surface area (TPSA) is 55.4 Å². The molecule has 18 heavy (non-hydrogen) atoms. The normalized spacial score (nSPS) is 13.3. The van der Waals surface area contributed by atoms with Gasteiger partial charge in [0.2, 0.25) is 0 Å². The van der Waals surface area contributed by atoms with Gasteiger partial charge in [0.25, 0.3) is 0 Å². The molecule has 0 aliphatic heterocycles. The van der Waals surface area contributed by atoms with Gasteiger partial charge in [-0.25, -0.2) is 4.79 Å². The van der Waals surface area contributed by atoms with E-state index in [4.69, 9.17) is 6.42 Å². The standard InChI is InChI=1S/C13H16N2O2S/c1-5-11(3)15(4)13(16)14-18(17)12-8-6-10(2)7-9-12/h1,6-9,11H,2-4H3,(H,14,16). The van der Waals surface area contributed by atoms with E-state index >= 15 is 0 Å². The zero-order valence-corrected chi connectivity index (χ0v) is 11.5. The van der Waals surface area contributed by atoms with E-state index in [0.717, 1.165) is 5.56 Å². The highest BCUT2D eigenvalue weighted by Gasteiger charge is 2.20. The second-order valence-corrected chi connectivity index (χ2v) is 5.16. The summed E-state index contributed by atoms with van der Waals surface area (Å²) >= 11 is -1.57. The number of urea groups is 1. The van der Waals surface area contributed by atoms with Gasteiger partial charge in [-0.1, -0.05) is 23.6 Å². The Morgan fingerprint density at radius 2 is 2.06 bits per heavy atom. The summed E-state index contributed by atoms with van der Waals surface area (Å²) in [6.45, 7) is 3.65. The number of rotatable bonds is 3. The quantitative estimate of drug-likeness (QED) is 0.667. The van der Waals surface area contributed by atoms with Crippen LogP contribution < -0.4 is 4.72 Å². The Balaban J connectivity index is 2.65. The summed E-state index contributed by atoms with van der Waals surface area (Å²) in [5, 5.41) is 0. The van der Waals surface area contributed by atoms with Crippen LogP contribution in [0.15, 0.2) is 29.2 Å². The number of terminal acetylenes is 1. The Bertz CT molecular complexity index is 453. The predicted molar refractivity (Wildman–Crippen MR) is 72.2 cm³/mol. The van der Waals surface area contributed by atoms with Gasteiger partial charge in [0.1, 0.15) is 11.4 Å². The maximum atomic E-state index is 11.9. The Morgan fingerprint density at radius 1 is 1.50 bits per heavy atom. The lowest BCUT2D eigenvalue weighted by molar-refractivity contribution is 0.209. The molecule has 1 aromatic rings. The van der Waals surface area contributed by atoms with Crippen LogP contribution in [0.3, 0.4) is 0 Å². The molecular formula is C13H16N2O2S. The van der Waals surface area contributed by atoms with Crippen molar-refractivity contribution in [1.82, 2.24) is 9.62 Å². The van der Waals surface area contributed by atoms with Crippen LogP contribution in [0.25, 0.3) is 0 Å². The van der Waals surface area contributed by atoms with E-state index in [1.165, 1.54) is 4.90 Å². The largest absolute Gasteiger partial charge is 0.588 e. The number of hydrogen-bond donors (Lipinski definition) is 1. The molecule has 1 rings (SSSR count). The molecule has 2 atom stereocenters. The first-order valence-electron chi connectivity index (χ1n) is 5.43. The van der Waals surface area contributed by atoms with Gasteiger partial charge in [-0.3, -0.25) is 0 Å². The van der Waals surface area contributed by atoms with E-state index in [1.54, 1.807) is 26.1 Å². The molecule has 0 aliphatic rings. The Labute approximate surface area is 111 Å². The highest BCUT2D eigenvalue weighted by atomic mass is 32.2. The summed E-state index contributed by atoms with van der Waals surface area (Å²) in [5.74, 6) is 2.43. The molecule has 2 unspecified atom stereocenters. The van der Waals surface area contributed by atoms with Gasteiger partial charge in [-0.05, 0) is 26.0 Å². The zero-order valence-electron chi connectivity index (χ0n) is 10.6. The first-order chi connectivity index (χ1) is 8.45. The number of benzene rings is 1. The van der Waals surface area contributed by atoms with Crippen LogP contribution in [-0.4, -0.2) is 28.6 Å². The number of nitrogens with zero attached hydrogens (tertiary/aromatic N) is 1. The fourth-order valence-corrected chi connectivity index (χ4v) is 1.96. The third kappa shape index (κ3) is 3.69. The summed E-state index contributed by atoms with van der Waals surface area (Å²) in [6, 6.07) is 6.31. The zero-order chi connectivity index (χ0) is 13.7. The molecule has 4 nitrogen and oxygen atoms in total. The number of carbonyl (C=O) groups is 1. The SMILES string of the molecule is C#CC(C)N(C)C(=O)N[S+]([O-])c1ccc(C)cc1. The highest BCUT2D eigenvalue weighted by Crippen LogP contribution is 2.10. The molecular weight excluding hydrogens is 248 g/mol. The average Bonchev–Trinajstić information content (AvgIpc) is 2.37. The molecule has 1 aromatic carbocycles. The first kappa shape index (κ1) is 14.4. The molecule has 0 heterocycles. The summed E-state index contributed by atoms with van der Waals surface area (Å²) < 4.78 is 14.3. The van der Waals surface area contributed by atoms with E-state index in [0.29, 0.717) is 4.90 Å². The van der Waals surface area contributed by atoms with Crippen LogP contribution in [0.5, 0.6) is 0 Å². The Kier molecular flexibility index (Phi) is 5.08. The van der Waals surface area contributed by atoms with E-state index in [1.807, 2.05) is 19.1 Å². The number of amides is 2. The lowest BCUT2D eigenvalue weighted by atomic mass is 10.2. The molecule has 0 spiro atoms. The van der Waals surface area contributed by atoms with Gasteiger partial charge < -0.3 is 9.45 Å². The van der Waals surface area contributed by atoms with Gasteiger partial charge in [0.05, 0.1) is 6.04 Å². The smallest absolute Gasteiger partial charge is 0.359 e. The van der Waals surface area contributed by atoms with Crippen molar-refractivity contribution in [3.05, 3.63) is 29.8 Å². The molecule has 0 fully saturated rings. The van der Waals surface area contributed by atoms with Crippen molar-refractivity contribution in [1.29, 1.82) is 0 Å². The molecule has 0 aromatic heterocycles. The number of carbonyl (C=O) groups excluding carboxylic acids is 1. The molecule has 1 N–H and O–H groups in total. The van der Waals surface area contributed by atoms with Crippen LogP contribution in [0.4, 0.5) is 4.79 Å². The maximum Gasteiger partial charge on any atom is 0.359 e. The molecule has 5 heteroatoms. The molecule has 0 saturated carbocycles. The molecule has 0 aliphatic carbocycles. The second-order valence-electron chi connectivity index (χ2n) is 3.94. The van der Waals surface area contributed by atoms with Gasteiger partial charge in [0, 0.05) is 7.05 Å². The first-order valence-corrected chi connectivity index (χ1v) is 6.58. The van der Waals surface area contributed by atoms with Crippen molar-refractivity contribution in [2.24, 2.45) is 0 Å². The summed E-state index contributed by atoms with van der Waals surface area (Å²) in [5.41, 5.74) is 1.07. The third-order valence-electron chi connectivity index (χ3n) is 2.56. The summed E-state index contributed by atoms with van der Waals surface area (Å²) in [6.07, 6.45) is 5.22. The van der Waals surface area contributed by atoms with Crippen molar-refractivity contribution in [3.8, 4) is 12.3 Å². The molecule has 0 bridgehead atoms. The minimum atomic E-state index is -1.57. The maximum absolute atomic E-state index is 11.9. The van der Waals surface area contributed by atoms with Crippen LogP contribution in [0.2, 0.25) is 0 Å². The lowest BCUT2D eigenvalue weighted by Crippen LogP contribution is -2.44. The molecule has 2 amide bonds. The fraction of sp³-hybridized carbons (Fsp3) is 0.308. The summed E-state index contributed by atoms with van der Waals surface area (Å²) in [4.78, 5) is 13.6. The van der Waals surface area contributed by atoms with Crippen LogP contribution in [-0.2, 0) is 11.4 Å². The van der Waals surface area contributed by atoms with Crippen LogP contribution >= 0.6 is 0 Å². The number of nitrogens with one attached hydrogen (secondary N) is 1. The molecule has 0 radical (unpaired) electrons. The van der Waals surface area contributed by atoms with Crippen molar-refractivity contribution < 1.29 is 9.35 Å². The highest BCUT2D eigenvalue weighted by molar-refractivity contribution is 7.90. The Morgan fingerprint density at radius 3 is 2.56 bits per heavy atom. The number of hydrogen-bond acceptors (Lipinski definition) is 2. The van der Waals surface area contributed by atoms with Crippen molar-refractivity contribution in [3.63, 3.8) is 0 Å². The second kappa shape index (κ2) is 6.34. The molecule has 96 valence electrons. The fourth-order valence-electron chi connectivity index (χ4n) is 1.16. The van der Waals surface area contributed by atoms with Gasteiger partial charge in [-0.2, -0.15) is 0 Å². The van der Waals surface area contributed by atoms with E-state index in [2.05, 4.69) is 10.6 Å². The predicted octanol–water partition coefficient (Wildman–Crippen LogP) is 1.68. The monoisotopic (exact) mass is 264 g/mol.